The number of hydrogen-bond acceptors (Lipinski definition) is 5. The minimum absolute atomic E-state index is 0.129. The second-order valence-electron chi connectivity index (χ2n) is 7.12. The Morgan fingerprint density at radius 3 is 2.63 bits per heavy atom. The smallest absolute Gasteiger partial charge is 0.228 e. The number of methoxy groups -OCH3 is 1. The second kappa shape index (κ2) is 6.53. The maximum atomic E-state index is 6.39. The van der Waals surface area contributed by atoms with Crippen molar-refractivity contribution in [2.24, 2.45) is 0 Å². The highest BCUT2D eigenvalue weighted by molar-refractivity contribution is 9.10. The Morgan fingerprint density at radius 1 is 1.03 bits per heavy atom. The third-order valence-corrected chi connectivity index (χ3v) is 6.07. The Morgan fingerprint density at radius 2 is 1.83 bits per heavy atom. The summed E-state index contributed by atoms with van der Waals surface area (Å²) >= 11 is 3.54. The molecule has 7 heteroatoms. The van der Waals surface area contributed by atoms with E-state index in [0.29, 0.717) is 5.88 Å². The summed E-state index contributed by atoms with van der Waals surface area (Å²) in [5, 5.41) is 6.25. The third kappa shape index (κ3) is 2.45. The molecule has 6 nitrogen and oxygen atoms in total. The van der Waals surface area contributed by atoms with E-state index in [1.807, 2.05) is 30.3 Å². The molecule has 30 heavy (non-hydrogen) atoms. The molecule has 0 amide bonds. The lowest BCUT2D eigenvalue weighted by molar-refractivity contribution is 0.412. The van der Waals surface area contributed by atoms with Gasteiger partial charge in [0.25, 0.3) is 0 Å². The van der Waals surface area contributed by atoms with Crippen molar-refractivity contribution >= 4 is 32.3 Å². The van der Waals surface area contributed by atoms with Crippen molar-refractivity contribution in [1.82, 2.24) is 19.6 Å². The first-order chi connectivity index (χ1) is 14.7. The van der Waals surface area contributed by atoms with Crippen LogP contribution >= 0.6 is 15.9 Å². The number of benzene rings is 3. The van der Waals surface area contributed by atoms with Gasteiger partial charge in [-0.05, 0) is 23.8 Å². The summed E-state index contributed by atoms with van der Waals surface area (Å²) in [4.78, 5) is 9.05. The van der Waals surface area contributed by atoms with Gasteiger partial charge >= 0.3 is 0 Å². The Balaban J connectivity index is 1.73. The van der Waals surface area contributed by atoms with Crippen molar-refractivity contribution in [3.8, 4) is 17.4 Å². The second-order valence-corrected chi connectivity index (χ2v) is 8.04. The summed E-state index contributed by atoms with van der Waals surface area (Å²) in [5.41, 5.74) is 3.74. The minimum Gasteiger partial charge on any atom is -0.496 e. The lowest BCUT2D eigenvalue weighted by atomic mass is 9.82. The first kappa shape index (κ1) is 17.4. The number of aromatic nitrogens is 4. The topological polar surface area (TPSA) is 61.5 Å². The van der Waals surface area contributed by atoms with Gasteiger partial charge in [-0.25, -0.2) is 14.5 Å². The van der Waals surface area contributed by atoms with Crippen LogP contribution in [0, 0.1) is 0 Å². The number of nitrogens with zero attached hydrogens (tertiary/aromatic N) is 4. The Kier molecular flexibility index (Phi) is 3.79. The fourth-order valence-electron chi connectivity index (χ4n) is 4.22. The van der Waals surface area contributed by atoms with Crippen LogP contribution < -0.4 is 9.47 Å². The van der Waals surface area contributed by atoms with Crippen LogP contribution in [-0.4, -0.2) is 26.7 Å². The predicted molar refractivity (Wildman–Crippen MR) is 116 cm³/mol. The summed E-state index contributed by atoms with van der Waals surface area (Å²) in [6.45, 7) is 0. The molecule has 6 rings (SSSR count). The first-order valence-corrected chi connectivity index (χ1v) is 10.2. The highest BCUT2D eigenvalue weighted by Crippen LogP contribution is 2.52. The van der Waals surface area contributed by atoms with Crippen molar-refractivity contribution in [2.75, 3.05) is 7.11 Å². The number of halogens is 1. The lowest BCUT2D eigenvalue weighted by Gasteiger charge is -2.29. The maximum Gasteiger partial charge on any atom is 0.228 e. The normalized spacial score (nSPS) is 14.9. The first-order valence-electron chi connectivity index (χ1n) is 9.46. The van der Waals surface area contributed by atoms with Crippen LogP contribution in [-0.2, 0) is 0 Å². The molecular weight excluding hydrogens is 444 g/mol. The van der Waals surface area contributed by atoms with Crippen molar-refractivity contribution in [3.05, 3.63) is 88.4 Å². The van der Waals surface area contributed by atoms with Crippen LogP contribution in [0.15, 0.2) is 71.7 Å². The SMILES string of the molecule is COc1cc2c(c3ccccc13)Oc1ncn3ncnc3c1C2c1ccc(Br)cc1. The van der Waals surface area contributed by atoms with E-state index in [0.717, 1.165) is 49.1 Å². The molecule has 1 unspecified atom stereocenters. The summed E-state index contributed by atoms with van der Waals surface area (Å²) in [6, 6.07) is 18.5. The van der Waals surface area contributed by atoms with Gasteiger partial charge in [0.1, 0.15) is 24.2 Å². The van der Waals surface area contributed by atoms with Gasteiger partial charge in [-0.1, -0.05) is 52.3 Å². The summed E-state index contributed by atoms with van der Waals surface area (Å²) < 4.78 is 14.8. The maximum absolute atomic E-state index is 6.39. The molecule has 0 saturated carbocycles. The molecule has 0 bridgehead atoms. The van der Waals surface area contributed by atoms with Crippen LogP contribution in [0.5, 0.6) is 17.4 Å². The fraction of sp³-hybridized carbons (Fsp3) is 0.0870. The van der Waals surface area contributed by atoms with E-state index < -0.39 is 0 Å². The van der Waals surface area contributed by atoms with E-state index in [2.05, 4.69) is 55.3 Å². The van der Waals surface area contributed by atoms with E-state index in [4.69, 9.17) is 9.47 Å². The van der Waals surface area contributed by atoms with Gasteiger partial charge in [0, 0.05) is 26.7 Å². The average Bonchev–Trinajstić information content (AvgIpc) is 3.27. The Bertz CT molecular complexity index is 1430. The van der Waals surface area contributed by atoms with Gasteiger partial charge in [-0.2, -0.15) is 5.10 Å². The molecule has 0 N–H and O–H groups in total. The van der Waals surface area contributed by atoms with E-state index in [-0.39, 0.29) is 5.92 Å². The molecule has 1 aliphatic rings. The number of ether oxygens (including phenoxy) is 2. The van der Waals surface area contributed by atoms with Crippen LogP contribution in [0.3, 0.4) is 0 Å². The molecule has 5 aromatic rings. The van der Waals surface area contributed by atoms with Crippen molar-refractivity contribution in [1.29, 1.82) is 0 Å². The van der Waals surface area contributed by atoms with E-state index >= 15 is 0 Å². The van der Waals surface area contributed by atoms with E-state index in [9.17, 15) is 0 Å². The van der Waals surface area contributed by atoms with Crippen LogP contribution in [0.25, 0.3) is 16.4 Å². The van der Waals surface area contributed by atoms with Gasteiger partial charge in [0.15, 0.2) is 5.65 Å². The van der Waals surface area contributed by atoms with Gasteiger partial charge in [-0.15, -0.1) is 0 Å². The molecule has 3 aromatic carbocycles. The van der Waals surface area contributed by atoms with Crippen LogP contribution in [0.2, 0.25) is 0 Å². The zero-order valence-corrected chi connectivity index (χ0v) is 17.5. The molecule has 2 aromatic heterocycles. The van der Waals surface area contributed by atoms with Crippen molar-refractivity contribution in [3.63, 3.8) is 0 Å². The summed E-state index contributed by atoms with van der Waals surface area (Å²) in [5.74, 6) is 2.02. The van der Waals surface area contributed by atoms with Crippen LogP contribution in [0.4, 0.5) is 0 Å². The van der Waals surface area contributed by atoms with Crippen molar-refractivity contribution in [2.45, 2.75) is 5.92 Å². The average molecular weight is 459 g/mol. The molecule has 1 atom stereocenters. The molecule has 146 valence electrons. The number of rotatable bonds is 2. The highest BCUT2D eigenvalue weighted by Gasteiger charge is 2.34. The number of hydrogen-bond donors (Lipinski definition) is 0. The summed E-state index contributed by atoms with van der Waals surface area (Å²) in [6.07, 6.45) is 3.17. The molecule has 0 aliphatic carbocycles. The molecule has 0 spiro atoms. The molecular formula is C23H15BrN4O2. The zero-order valence-electron chi connectivity index (χ0n) is 15.9. The van der Waals surface area contributed by atoms with Gasteiger partial charge in [0.05, 0.1) is 12.7 Å². The standard InChI is InChI=1S/C23H15BrN4O2/c1-29-18-10-17-19(13-6-8-14(24)9-7-13)20-22-25-11-27-28(22)12-26-23(20)30-21(17)16-5-3-2-4-15(16)18/h2-12,19H,1H3. The van der Waals surface area contributed by atoms with E-state index in [1.165, 1.54) is 6.33 Å². The molecule has 1 aliphatic heterocycles. The Labute approximate surface area is 180 Å². The molecule has 0 saturated heterocycles. The third-order valence-electron chi connectivity index (χ3n) is 5.54. The minimum atomic E-state index is -0.129. The fourth-order valence-corrected chi connectivity index (χ4v) is 4.48. The molecule has 3 heterocycles. The molecule has 0 radical (unpaired) electrons. The van der Waals surface area contributed by atoms with E-state index in [1.54, 1.807) is 18.0 Å². The lowest BCUT2D eigenvalue weighted by Crippen LogP contribution is -2.15. The monoisotopic (exact) mass is 458 g/mol. The zero-order chi connectivity index (χ0) is 20.2. The number of fused-ring (bicyclic) bond motifs is 6. The van der Waals surface area contributed by atoms with Gasteiger partial charge < -0.3 is 9.47 Å². The van der Waals surface area contributed by atoms with Gasteiger partial charge in [0.2, 0.25) is 5.88 Å². The van der Waals surface area contributed by atoms with Crippen molar-refractivity contribution < 1.29 is 9.47 Å². The molecule has 0 fully saturated rings. The van der Waals surface area contributed by atoms with Gasteiger partial charge in [-0.3, -0.25) is 0 Å². The van der Waals surface area contributed by atoms with Crippen LogP contribution in [0.1, 0.15) is 22.6 Å². The highest BCUT2D eigenvalue weighted by atomic mass is 79.9. The predicted octanol–water partition coefficient (Wildman–Crippen LogP) is 5.33. The quantitative estimate of drug-likeness (QED) is 0.350. The summed E-state index contributed by atoms with van der Waals surface area (Å²) in [7, 11) is 1.69. The Hall–Kier alpha value is -3.45. The largest absolute Gasteiger partial charge is 0.496 e.